The SMILES string of the molecule is CCCCCCCC[C@@H]1CCC2C3CCC4CC(OC(=O)NCC(=O)N5C[C@@H](COCCC)[C@@H](O)C5)CC[C@@]4(C)C3CC[C@]21C. The highest BCUT2D eigenvalue weighted by Gasteiger charge is 2.60. The lowest BCUT2D eigenvalue weighted by Gasteiger charge is -2.61. The summed E-state index contributed by atoms with van der Waals surface area (Å²) in [6, 6.07) is 0. The molecule has 4 aliphatic carbocycles. The van der Waals surface area contributed by atoms with Crippen molar-refractivity contribution in [1.29, 1.82) is 0 Å². The molecule has 0 bridgehead atoms. The Bertz CT molecular complexity index is 976. The first kappa shape index (κ1) is 35.0. The minimum absolute atomic E-state index is 0.0644. The largest absolute Gasteiger partial charge is 0.446 e. The molecule has 5 rings (SSSR count). The average molecular weight is 631 g/mol. The van der Waals surface area contributed by atoms with Gasteiger partial charge in [0.1, 0.15) is 12.6 Å². The van der Waals surface area contributed by atoms with E-state index in [1.165, 1.54) is 83.5 Å². The van der Waals surface area contributed by atoms with Gasteiger partial charge < -0.3 is 24.8 Å². The van der Waals surface area contributed by atoms with Gasteiger partial charge in [0.05, 0.1) is 12.7 Å². The minimum atomic E-state index is -0.581. The Morgan fingerprint density at radius 2 is 1.62 bits per heavy atom. The van der Waals surface area contributed by atoms with Crippen molar-refractivity contribution in [3.05, 3.63) is 0 Å². The number of carbonyl (C=O) groups is 2. The molecule has 0 spiro atoms. The van der Waals surface area contributed by atoms with Crippen LogP contribution in [0.4, 0.5) is 4.79 Å². The fourth-order valence-electron chi connectivity index (χ4n) is 11.1. The number of unbranched alkanes of at least 4 members (excludes halogenated alkanes) is 5. The lowest BCUT2D eigenvalue weighted by Crippen LogP contribution is -2.54. The topological polar surface area (TPSA) is 88.1 Å². The van der Waals surface area contributed by atoms with Crippen LogP contribution in [-0.2, 0) is 14.3 Å². The molecule has 7 nitrogen and oxygen atoms in total. The summed E-state index contributed by atoms with van der Waals surface area (Å²) >= 11 is 0. The monoisotopic (exact) mass is 630 g/mol. The van der Waals surface area contributed by atoms with Crippen molar-refractivity contribution in [1.82, 2.24) is 10.2 Å². The van der Waals surface area contributed by atoms with Gasteiger partial charge in [-0.2, -0.15) is 0 Å². The van der Waals surface area contributed by atoms with Gasteiger partial charge in [-0.3, -0.25) is 4.79 Å². The van der Waals surface area contributed by atoms with Gasteiger partial charge in [0.25, 0.3) is 0 Å². The molecule has 2 N–H and O–H groups in total. The summed E-state index contributed by atoms with van der Waals surface area (Å²) in [5, 5.41) is 13.0. The second-order valence-corrected chi connectivity index (χ2v) is 16.4. The zero-order valence-electron chi connectivity index (χ0n) is 29.2. The van der Waals surface area contributed by atoms with Crippen LogP contribution in [0.15, 0.2) is 0 Å². The van der Waals surface area contributed by atoms with Gasteiger partial charge in [0.2, 0.25) is 5.91 Å². The van der Waals surface area contributed by atoms with Gasteiger partial charge in [-0.15, -0.1) is 0 Å². The quantitative estimate of drug-likeness (QED) is 0.192. The smallest absolute Gasteiger partial charge is 0.407 e. The first-order chi connectivity index (χ1) is 21.7. The highest BCUT2D eigenvalue weighted by molar-refractivity contribution is 5.82. The molecule has 1 saturated heterocycles. The molecule has 1 heterocycles. The van der Waals surface area contributed by atoms with E-state index in [0.29, 0.717) is 43.1 Å². The van der Waals surface area contributed by atoms with Gasteiger partial charge in [-0.05, 0) is 111 Å². The van der Waals surface area contributed by atoms with Gasteiger partial charge in [-0.25, -0.2) is 4.79 Å². The fraction of sp³-hybridized carbons (Fsp3) is 0.947. The van der Waals surface area contributed by atoms with E-state index in [-0.39, 0.29) is 24.5 Å². The molecule has 5 fully saturated rings. The maximum atomic E-state index is 12.8. The average Bonchev–Trinajstić information content (AvgIpc) is 3.57. The number of amides is 2. The molecule has 1 aliphatic heterocycles. The van der Waals surface area contributed by atoms with Crippen LogP contribution in [-0.4, -0.2) is 67.1 Å². The summed E-state index contributed by atoms with van der Waals surface area (Å²) in [7, 11) is 0. The number of aliphatic hydroxyl groups excluding tert-OH is 1. The van der Waals surface area contributed by atoms with Crippen molar-refractivity contribution in [3.8, 4) is 0 Å². The van der Waals surface area contributed by atoms with Crippen molar-refractivity contribution in [2.45, 2.75) is 149 Å². The van der Waals surface area contributed by atoms with E-state index >= 15 is 0 Å². The van der Waals surface area contributed by atoms with Crippen LogP contribution in [0.1, 0.15) is 137 Å². The van der Waals surface area contributed by atoms with Crippen molar-refractivity contribution >= 4 is 12.0 Å². The molecule has 4 saturated carbocycles. The Morgan fingerprint density at radius 1 is 0.867 bits per heavy atom. The van der Waals surface area contributed by atoms with Crippen LogP contribution in [0.2, 0.25) is 0 Å². The zero-order chi connectivity index (χ0) is 32.0. The molecule has 5 aliphatic rings. The van der Waals surface area contributed by atoms with Gasteiger partial charge >= 0.3 is 6.09 Å². The maximum Gasteiger partial charge on any atom is 0.407 e. The second-order valence-electron chi connectivity index (χ2n) is 16.4. The Balaban J connectivity index is 1.05. The number of β-amino-alcohol motifs (C(OH)–C–C–N with tert-alkyl or cyclic N) is 1. The van der Waals surface area contributed by atoms with Crippen LogP contribution in [0.3, 0.4) is 0 Å². The van der Waals surface area contributed by atoms with Crippen LogP contribution in [0, 0.1) is 46.3 Å². The third kappa shape index (κ3) is 7.87. The molecule has 258 valence electrons. The van der Waals surface area contributed by atoms with Crippen LogP contribution < -0.4 is 5.32 Å². The molecule has 45 heavy (non-hydrogen) atoms. The molecule has 7 heteroatoms. The summed E-state index contributed by atoms with van der Waals surface area (Å²) < 4.78 is 11.5. The Hall–Kier alpha value is -1.34. The molecular weight excluding hydrogens is 564 g/mol. The summed E-state index contributed by atoms with van der Waals surface area (Å²) in [5.74, 6) is 3.92. The van der Waals surface area contributed by atoms with E-state index in [1.54, 1.807) is 4.90 Å². The zero-order valence-corrected chi connectivity index (χ0v) is 29.2. The number of rotatable bonds is 14. The number of fused-ring (bicyclic) bond motifs is 5. The molecule has 0 radical (unpaired) electrons. The Labute approximate surface area is 274 Å². The van der Waals surface area contributed by atoms with Crippen molar-refractivity contribution in [2.75, 3.05) is 32.8 Å². The molecule has 0 aromatic carbocycles. The first-order valence-corrected chi connectivity index (χ1v) is 19.2. The van der Waals surface area contributed by atoms with Crippen LogP contribution >= 0.6 is 0 Å². The molecule has 0 aromatic rings. The predicted molar refractivity (Wildman–Crippen MR) is 179 cm³/mol. The molecule has 0 aromatic heterocycles. The predicted octanol–water partition coefficient (Wildman–Crippen LogP) is 7.74. The van der Waals surface area contributed by atoms with E-state index in [9.17, 15) is 14.7 Å². The number of ether oxygens (including phenoxy) is 2. The maximum absolute atomic E-state index is 12.8. The van der Waals surface area contributed by atoms with Crippen molar-refractivity contribution < 1.29 is 24.2 Å². The fourth-order valence-corrected chi connectivity index (χ4v) is 11.1. The summed E-state index contributed by atoms with van der Waals surface area (Å²) in [4.78, 5) is 27.1. The first-order valence-electron chi connectivity index (χ1n) is 19.2. The standard InChI is InChI=1S/C38H66N2O5/c1-5-7-8-9-10-11-12-28-14-16-32-31-15-13-29-22-30(17-19-38(29,4)33(31)18-20-37(28,32)3)45-36(43)39-23-35(42)40-24-27(34(41)25-40)26-44-21-6-2/h27-34,41H,5-26H2,1-4H3,(H,39,43)/t27-,28+,29?,30?,31?,32?,33?,34-,37-,38+/m0/s1. The number of alkyl carbamates (subject to hydrolysis) is 1. The van der Waals surface area contributed by atoms with E-state index in [0.717, 1.165) is 49.4 Å². The normalized spacial score (nSPS) is 39.2. The number of hydrogen-bond acceptors (Lipinski definition) is 5. The number of likely N-dealkylation sites (tertiary alicyclic amines) is 1. The van der Waals surface area contributed by atoms with E-state index in [1.807, 2.05) is 0 Å². The van der Waals surface area contributed by atoms with E-state index < -0.39 is 12.2 Å². The van der Waals surface area contributed by atoms with Gasteiger partial charge in [0.15, 0.2) is 0 Å². The Kier molecular flexibility index (Phi) is 12.2. The van der Waals surface area contributed by atoms with E-state index in [4.69, 9.17) is 9.47 Å². The van der Waals surface area contributed by atoms with Gasteiger partial charge in [-0.1, -0.05) is 66.2 Å². The minimum Gasteiger partial charge on any atom is -0.446 e. The third-order valence-electron chi connectivity index (χ3n) is 13.8. The third-order valence-corrected chi connectivity index (χ3v) is 13.8. The van der Waals surface area contributed by atoms with Crippen molar-refractivity contribution in [2.24, 2.45) is 46.3 Å². The summed E-state index contributed by atoms with van der Waals surface area (Å²) in [6.45, 7) is 11.4. The number of nitrogens with one attached hydrogen (secondary N) is 1. The van der Waals surface area contributed by atoms with Crippen molar-refractivity contribution in [3.63, 3.8) is 0 Å². The lowest BCUT2D eigenvalue weighted by molar-refractivity contribution is -0.130. The van der Waals surface area contributed by atoms with Crippen LogP contribution in [0.5, 0.6) is 0 Å². The molecular formula is C38H66N2O5. The Morgan fingerprint density at radius 3 is 2.42 bits per heavy atom. The number of hydrogen-bond donors (Lipinski definition) is 2. The van der Waals surface area contributed by atoms with Crippen LogP contribution in [0.25, 0.3) is 0 Å². The van der Waals surface area contributed by atoms with Gasteiger partial charge in [0, 0.05) is 25.6 Å². The molecule has 5 unspecified atom stereocenters. The molecule has 10 atom stereocenters. The number of aliphatic hydroxyl groups is 1. The number of nitrogens with zero attached hydrogens (tertiary/aromatic N) is 1. The highest BCUT2D eigenvalue weighted by Crippen LogP contribution is 2.68. The molecule has 2 amide bonds. The lowest BCUT2D eigenvalue weighted by atomic mass is 9.44. The summed E-state index contributed by atoms with van der Waals surface area (Å²) in [5.41, 5.74) is 0.919. The highest BCUT2D eigenvalue weighted by atomic mass is 16.6. The van der Waals surface area contributed by atoms with E-state index in [2.05, 4.69) is 33.0 Å². The number of carbonyl (C=O) groups excluding carboxylic acids is 2. The second kappa shape index (κ2) is 15.7. The summed E-state index contributed by atoms with van der Waals surface area (Å²) in [6.07, 6.45) is 21.1.